The second-order valence-corrected chi connectivity index (χ2v) is 9.02. The molecule has 1 saturated carbocycles. The van der Waals surface area contributed by atoms with Crippen LogP contribution in [0.3, 0.4) is 0 Å². The van der Waals surface area contributed by atoms with Gasteiger partial charge in [-0.2, -0.15) is 17.4 Å². The van der Waals surface area contributed by atoms with Gasteiger partial charge in [0.25, 0.3) is 16.1 Å². The zero-order valence-corrected chi connectivity index (χ0v) is 16.4. The number of nitrogens with zero attached hydrogens (tertiary/aromatic N) is 1. The molecule has 0 saturated heterocycles. The molecule has 0 radical (unpaired) electrons. The fourth-order valence-corrected chi connectivity index (χ4v) is 5.30. The number of carbonyl (C=O) groups excluding carboxylic acids is 1. The molecule has 28 heavy (non-hydrogen) atoms. The Kier molecular flexibility index (Phi) is 6.82. The molecule has 1 fully saturated rings. The van der Waals surface area contributed by atoms with E-state index in [2.05, 4.69) is 4.72 Å². The van der Waals surface area contributed by atoms with Crippen molar-refractivity contribution in [2.24, 2.45) is 5.92 Å². The summed E-state index contributed by atoms with van der Waals surface area (Å²) in [4.78, 5) is 12.1. The van der Waals surface area contributed by atoms with Crippen LogP contribution in [0.25, 0.3) is 5.57 Å². The number of halogens is 1. The zero-order valence-electron chi connectivity index (χ0n) is 15.6. The maximum absolute atomic E-state index is 13.1. The summed E-state index contributed by atoms with van der Waals surface area (Å²) in [6, 6.07) is 5.12. The summed E-state index contributed by atoms with van der Waals surface area (Å²) in [6.45, 7) is 0.427. The van der Waals surface area contributed by atoms with Crippen molar-refractivity contribution in [1.29, 1.82) is 0 Å². The summed E-state index contributed by atoms with van der Waals surface area (Å²) in [5.74, 6) is -1.18. The Morgan fingerprint density at radius 2 is 1.86 bits per heavy atom. The lowest BCUT2D eigenvalue weighted by molar-refractivity contribution is -0.132. The van der Waals surface area contributed by atoms with Crippen LogP contribution in [0.5, 0.6) is 0 Å². The lowest BCUT2D eigenvalue weighted by Crippen LogP contribution is -2.54. The first-order valence-corrected chi connectivity index (χ1v) is 11.0. The van der Waals surface area contributed by atoms with Crippen LogP contribution in [0.2, 0.25) is 0 Å². The van der Waals surface area contributed by atoms with Gasteiger partial charge in [-0.3, -0.25) is 10.0 Å². The summed E-state index contributed by atoms with van der Waals surface area (Å²) < 4.78 is 42.5. The first kappa shape index (κ1) is 20.9. The van der Waals surface area contributed by atoms with Gasteiger partial charge in [0.05, 0.1) is 0 Å². The van der Waals surface area contributed by atoms with Crippen molar-refractivity contribution in [1.82, 2.24) is 14.5 Å². The van der Waals surface area contributed by atoms with Gasteiger partial charge in [-0.25, -0.2) is 9.87 Å². The molecular weight excluding hydrogens is 385 g/mol. The molecule has 0 spiro atoms. The van der Waals surface area contributed by atoms with E-state index in [9.17, 15) is 17.6 Å². The molecule has 1 aliphatic carbocycles. The highest BCUT2D eigenvalue weighted by Gasteiger charge is 2.35. The Labute approximate surface area is 164 Å². The van der Waals surface area contributed by atoms with Crippen LogP contribution in [-0.4, -0.2) is 43.0 Å². The predicted octanol–water partition coefficient (Wildman–Crippen LogP) is 2.20. The van der Waals surface area contributed by atoms with Crippen molar-refractivity contribution in [3.8, 4) is 0 Å². The molecule has 3 N–H and O–H groups in total. The molecule has 1 aromatic rings. The smallest absolute Gasteiger partial charge is 0.280 e. The van der Waals surface area contributed by atoms with Crippen LogP contribution in [0.15, 0.2) is 30.3 Å². The zero-order chi connectivity index (χ0) is 20.1. The van der Waals surface area contributed by atoms with Crippen LogP contribution in [0, 0.1) is 11.7 Å². The van der Waals surface area contributed by atoms with Crippen LogP contribution in [-0.2, 0) is 15.0 Å². The number of amides is 1. The minimum atomic E-state index is -3.89. The Balaban J connectivity index is 1.69. The second kappa shape index (κ2) is 9.13. The SMILES string of the molecule is O=C(NO)[C@H](NS(=O)(=O)N1CC=C(c2ccc(F)cc2)CC1)C1CCCCC1. The minimum absolute atomic E-state index is 0.134. The molecule has 2 aliphatic rings. The average Bonchev–Trinajstić information content (AvgIpc) is 2.73. The monoisotopic (exact) mass is 411 g/mol. The summed E-state index contributed by atoms with van der Waals surface area (Å²) in [7, 11) is -3.89. The van der Waals surface area contributed by atoms with E-state index in [0.717, 1.165) is 43.2 Å². The Morgan fingerprint density at radius 3 is 2.43 bits per heavy atom. The van der Waals surface area contributed by atoms with E-state index in [4.69, 9.17) is 5.21 Å². The van der Waals surface area contributed by atoms with E-state index < -0.39 is 22.2 Å². The van der Waals surface area contributed by atoms with Crippen LogP contribution >= 0.6 is 0 Å². The summed E-state index contributed by atoms with van der Waals surface area (Å²) >= 11 is 0. The molecule has 9 heteroatoms. The molecule has 1 aliphatic heterocycles. The molecular formula is C19H26FN3O4S. The minimum Gasteiger partial charge on any atom is -0.289 e. The third kappa shape index (κ3) is 4.96. The number of hydrogen-bond acceptors (Lipinski definition) is 4. The predicted molar refractivity (Wildman–Crippen MR) is 103 cm³/mol. The Bertz CT molecular complexity index is 820. The van der Waals surface area contributed by atoms with Gasteiger partial charge in [-0.1, -0.05) is 37.5 Å². The largest absolute Gasteiger partial charge is 0.289 e. The molecule has 1 amide bonds. The van der Waals surface area contributed by atoms with Crippen molar-refractivity contribution in [2.75, 3.05) is 13.1 Å². The Morgan fingerprint density at radius 1 is 1.18 bits per heavy atom. The average molecular weight is 411 g/mol. The van der Waals surface area contributed by atoms with E-state index in [0.29, 0.717) is 6.42 Å². The maximum atomic E-state index is 13.1. The van der Waals surface area contributed by atoms with Crippen molar-refractivity contribution in [2.45, 2.75) is 44.6 Å². The molecule has 7 nitrogen and oxygen atoms in total. The summed E-state index contributed by atoms with van der Waals surface area (Å²) in [5.41, 5.74) is 3.42. The normalized spacial score (nSPS) is 20.4. The summed E-state index contributed by atoms with van der Waals surface area (Å²) in [5, 5.41) is 9.04. The lowest BCUT2D eigenvalue weighted by Gasteiger charge is -2.32. The van der Waals surface area contributed by atoms with Gasteiger partial charge in [-0.05, 0) is 48.4 Å². The van der Waals surface area contributed by atoms with Gasteiger partial charge in [0.2, 0.25) is 0 Å². The van der Waals surface area contributed by atoms with Crippen LogP contribution in [0.4, 0.5) is 4.39 Å². The lowest BCUT2D eigenvalue weighted by atomic mass is 9.84. The fraction of sp³-hybridized carbons (Fsp3) is 0.526. The third-order valence-electron chi connectivity index (χ3n) is 5.52. The van der Waals surface area contributed by atoms with Crippen molar-refractivity contribution in [3.63, 3.8) is 0 Å². The van der Waals surface area contributed by atoms with Crippen molar-refractivity contribution < 1.29 is 22.8 Å². The molecule has 1 heterocycles. The number of benzene rings is 1. The van der Waals surface area contributed by atoms with Gasteiger partial charge < -0.3 is 0 Å². The van der Waals surface area contributed by atoms with E-state index in [-0.39, 0.29) is 24.8 Å². The van der Waals surface area contributed by atoms with Gasteiger partial charge >= 0.3 is 0 Å². The second-order valence-electron chi connectivity index (χ2n) is 7.32. The van der Waals surface area contributed by atoms with Gasteiger partial charge in [0, 0.05) is 13.1 Å². The summed E-state index contributed by atoms with van der Waals surface area (Å²) in [6.07, 6.45) is 6.74. The molecule has 1 aromatic carbocycles. The van der Waals surface area contributed by atoms with E-state index in [1.807, 2.05) is 0 Å². The molecule has 154 valence electrons. The molecule has 1 atom stereocenters. The highest BCUT2D eigenvalue weighted by atomic mass is 32.2. The Hall–Kier alpha value is -1.81. The van der Waals surface area contributed by atoms with Gasteiger partial charge in [-0.15, -0.1) is 0 Å². The quantitative estimate of drug-likeness (QED) is 0.494. The van der Waals surface area contributed by atoms with Gasteiger partial charge in [0.1, 0.15) is 11.9 Å². The third-order valence-corrected chi connectivity index (χ3v) is 7.08. The number of carbonyl (C=O) groups is 1. The molecule has 0 unspecified atom stereocenters. The highest BCUT2D eigenvalue weighted by Crippen LogP contribution is 2.28. The topological polar surface area (TPSA) is 98.7 Å². The van der Waals surface area contributed by atoms with E-state index >= 15 is 0 Å². The van der Waals surface area contributed by atoms with Crippen molar-refractivity contribution in [3.05, 3.63) is 41.7 Å². The first-order valence-electron chi connectivity index (χ1n) is 9.57. The fourth-order valence-electron chi connectivity index (χ4n) is 3.93. The standard InChI is InChI=1S/C19H26FN3O4S/c20-17-8-6-14(7-9-17)15-10-12-23(13-11-15)28(26,27)22-18(19(24)21-25)16-4-2-1-3-5-16/h6-10,16,18,22,25H,1-5,11-13H2,(H,21,24)/t18-/m1/s1. The van der Waals surface area contributed by atoms with E-state index in [1.165, 1.54) is 16.4 Å². The highest BCUT2D eigenvalue weighted by molar-refractivity contribution is 7.87. The number of nitrogens with one attached hydrogen (secondary N) is 2. The van der Waals surface area contributed by atoms with Gasteiger partial charge in [0.15, 0.2) is 0 Å². The number of rotatable bonds is 6. The van der Waals surface area contributed by atoms with Crippen LogP contribution in [0.1, 0.15) is 44.1 Å². The molecule has 3 rings (SSSR count). The molecule has 0 bridgehead atoms. The van der Waals surface area contributed by atoms with Crippen LogP contribution < -0.4 is 10.2 Å². The molecule has 0 aromatic heterocycles. The van der Waals surface area contributed by atoms with Crippen molar-refractivity contribution >= 4 is 21.7 Å². The van der Waals surface area contributed by atoms with E-state index in [1.54, 1.807) is 23.7 Å². The first-order chi connectivity index (χ1) is 13.4. The maximum Gasteiger partial charge on any atom is 0.280 e. The number of hydrogen-bond donors (Lipinski definition) is 3. The number of hydroxylamine groups is 1.